The lowest BCUT2D eigenvalue weighted by atomic mass is 10.0. The Labute approximate surface area is 96.2 Å². The summed E-state index contributed by atoms with van der Waals surface area (Å²) < 4.78 is 5.89. The number of ether oxygens (including phenoxy) is 1. The average molecular weight is 216 g/mol. The highest BCUT2D eigenvalue weighted by Crippen LogP contribution is 2.40. The molecule has 1 heterocycles. The molecular formula is C13H16N2O. The Morgan fingerprint density at radius 3 is 3.00 bits per heavy atom. The summed E-state index contributed by atoms with van der Waals surface area (Å²) in [7, 11) is 0. The first-order chi connectivity index (χ1) is 7.53. The molecule has 3 heteroatoms. The Bertz CT molecular complexity index is 446. The maximum absolute atomic E-state index is 5.96. The molecule has 0 aromatic heterocycles. The van der Waals surface area contributed by atoms with Crippen LogP contribution in [0.2, 0.25) is 0 Å². The largest absolute Gasteiger partial charge is 0.484 e. The van der Waals surface area contributed by atoms with Crippen LogP contribution in [0.3, 0.4) is 0 Å². The van der Waals surface area contributed by atoms with Gasteiger partial charge in [0, 0.05) is 0 Å². The summed E-state index contributed by atoms with van der Waals surface area (Å²) in [6.07, 6.45) is 5.38. The number of nitrogen functional groups attached to an aromatic ring is 1. The lowest BCUT2D eigenvalue weighted by molar-refractivity contribution is 0.106. The summed E-state index contributed by atoms with van der Waals surface area (Å²) >= 11 is 0. The Kier molecular flexibility index (Phi) is 2.43. The molecule has 0 radical (unpaired) electrons. The van der Waals surface area contributed by atoms with Crippen LogP contribution >= 0.6 is 0 Å². The number of nitrogens with zero attached hydrogens (tertiary/aromatic N) is 1. The zero-order valence-corrected chi connectivity index (χ0v) is 9.66. The van der Waals surface area contributed by atoms with E-state index in [1.807, 2.05) is 32.0 Å². The molecule has 0 bridgehead atoms. The Balaban J connectivity index is 2.48. The van der Waals surface area contributed by atoms with Gasteiger partial charge in [-0.1, -0.05) is 12.0 Å². The predicted octanol–water partition coefficient (Wildman–Crippen LogP) is 1.88. The fraction of sp³-hybridized carbons (Fsp3) is 0.385. The molecule has 2 rings (SSSR count). The van der Waals surface area contributed by atoms with Gasteiger partial charge in [0.25, 0.3) is 0 Å². The van der Waals surface area contributed by atoms with Gasteiger partial charge >= 0.3 is 0 Å². The van der Waals surface area contributed by atoms with Gasteiger partial charge in [-0.2, -0.15) is 0 Å². The van der Waals surface area contributed by atoms with E-state index in [2.05, 4.69) is 10.8 Å². The normalized spacial score (nSPS) is 17.2. The maximum Gasteiger partial charge on any atom is 0.145 e. The van der Waals surface area contributed by atoms with Crippen molar-refractivity contribution in [2.75, 3.05) is 23.7 Å². The van der Waals surface area contributed by atoms with Gasteiger partial charge in [-0.15, -0.1) is 6.42 Å². The molecule has 2 N–H and O–H groups in total. The molecule has 1 aliphatic heterocycles. The number of nitrogens with two attached hydrogens (primary N) is 1. The summed E-state index contributed by atoms with van der Waals surface area (Å²) in [6, 6.07) is 5.68. The number of para-hydroxylation sites is 1. The van der Waals surface area contributed by atoms with Crippen LogP contribution in [0.15, 0.2) is 18.2 Å². The van der Waals surface area contributed by atoms with E-state index in [0.29, 0.717) is 12.2 Å². The van der Waals surface area contributed by atoms with Crippen molar-refractivity contribution in [3.63, 3.8) is 0 Å². The minimum Gasteiger partial charge on any atom is -0.484 e. The Hall–Kier alpha value is -1.82. The van der Waals surface area contributed by atoms with Gasteiger partial charge in [0.15, 0.2) is 0 Å². The molecular weight excluding hydrogens is 200 g/mol. The van der Waals surface area contributed by atoms with Gasteiger partial charge in [0.05, 0.1) is 18.8 Å². The number of terminal acetylenes is 1. The Morgan fingerprint density at radius 1 is 1.56 bits per heavy atom. The minimum absolute atomic E-state index is 0.238. The van der Waals surface area contributed by atoms with Gasteiger partial charge in [0.2, 0.25) is 0 Å². The van der Waals surface area contributed by atoms with Gasteiger partial charge in [-0.3, -0.25) is 0 Å². The van der Waals surface area contributed by atoms with E-state index in [4.69, 9.17) is 16.9 Å². The molecule has 0 fully saturated rings. The van der Waals surface area contributed by atoms with Crippen LogP contribution in [-0.2, 0) is 0 Å². The lowest BCUT2D eigenvalue weighted by Crippen LogP contribution is -2.47. The lowest BCUT2D eigenvalue weighted by Gasteiger charge is -2.40. The maximum atomic E-state index is 5.96. The molecule has 3 nitrogen and oxygen atoms in total. The SMILES string of the molecule is C#CCN1CC(C)(C)Oc2cccc(N)c21. The number of hydrogen-bond donors (Lipinski definition) is 1. The first-order valence-electron chi connectivity index (χ1n) is 5.29. The molecule has 0 atom stereocenters. The summed E-state index contributed by atoms with van der Waals surface area (Å²) in [4.78, 5) is 2.09. The van der Waals surface area contributed by atoms with Crippen molar-refractivity contribution in [1.29, 1.82) is 0 Å². The van der Waals surface area contributed by atoms with Crippen LogP contribution in [0.5, 0.6) is 5.75 Å². The van der Waals surface area contributed by atoms with E-state index in [1.165, 1.54) is 0 Å². The summed E-state index contributed by atoms with van der Waals surface area (Å²) in [6.45, 7) is 5.39. The van der Waals surface area contributed by atoms with Crippen molar-refractivity contribution in [2.45, 2.75) is 19.4 Å². The third-order valence-corrected chi connectivity index (χ3v) is 2.59. The standard InChI is InChI=1S/C13H16N2O/c1-4-8-15-9-13(2,3)16-11-7-5-6-10(14)12(11)15/h1,5-7H,8-9,14H2,2-3H3. The van der Waals surface area contributed by atoms with Gasteiger partial charge in [0.1, 0.15) is 17.0 Å². The summed E-state index contributed by atoms with van der Waals surface area (Å²) in [5.74, 6) is 3.47. The molecule has 16 heavy (non-hydrogen) atoms. The van der Waals surface area contributed by atoms with E-state index in [9.17, 15) is 0 Å². The van der Waals surface area contributed by atoms with Gasteiger partial charge in [-0.25, -0.2) is 0 Å². The van der Waals surface area contributed by atoms with E-state index in [-0.39, 0.29) is 5.60 Å². The zero-order chi connectivity index (χ0) is 11.8. The van der Waals surface area contributed by atoms with E-state index >= 15 is 0 Å². The number of rotatable bonds is 1. The van der Waals surface area contributed by atoms with Crippen molar-refractivity contribution in [3.05, 3.63) is 18.2 Å². The van der Waals surface area contributed by atoms with Crippen molar-refractivity contribution in [2.24, 2.45) is 0 Å². The second-order valence-corrected chi connectivity index (χ2v) is 4.62. The van der Waals surface area contributed by atoms with Gasteiger partial charge < -0.3 is 15.4 Å². The topological polar surface area (TPSA) is 38.5 Å². The minimum atomic E-state index is -0.238. The smallest absolute Gasteiger partial charge is 0.145 e. The highest BCUT2D eigenvalue weighted by Gasteiger charge is 2.32. The fourth-order valence-electron chi connectivity index (χ4n) is 2.07. The molecule has 0 aliphatic carbocycles. The number of fused-ring (bicyclic) bond motifs is 1. The van der Waals surface area contributed by atoms with E-state index in [1.54, 1.807) is 0 Å². The molecule has 0 saturated heterocycles. The van der Waals surface area contributed by atoms with Gasteiger partial charge in [-0.05, 0) is 26.0 Å². The number of hydrogen-bond acceptors (Lipinski definition) is 3. The van der Waals surface area contributed by atoms with Crippen molar-refractivity contribution < 1.29 is 4.74 Å². The van der Waals surface area contributed by atoms with Crippen LogP contribution in [0.1, 0.15) is 13.8 Å². The highest BCUT2D eigenvalue weighted by molar-refractivity contribution is 5.76. The quantitative estimate of drug-likeness (QED) is 0.575. The van der Waals surface area contributed by atoms with Crippen molar-refractivity contribution in [3.8, 4) is 18.1 Å². The second kappa shape index (κ2) is 3.64. The van der Waals surface area contributed by atoms with Crippen molar-refractivity contribution >= 4 is 11.4 Å². The summed E-state index contributed by atoms with van der Waals surface area (Å²) in [5.41, 5.74) is 7.35. The van der Waals surface area contributed by atoms with Crippen LogP contribution in [0.4, 0.5) is 11.4 Å². The molecule has 1 aromatic carbocycles. The molecule has 0 saturated carbocycles. The first-order valence-corrected chi connectivity index (χ1v) is 5.29. The van der Waals surface area contributed by atoms with Crippen LogP contribution in [0.25, 0.3) is 0 Å². The first kappa shape index (κ1) is 10.7. The molecule has 0 amide bonds. The third-order valence-electron chi connectivity index (χ3n) is 2.59. The average Bonchev–Trinajstić information content (AvgIpc) is 2.15. The molecule has 0 unspecified atom stereocenters. The van der Waals surface area contributed by atoms with E-state index in [0.717, 1.165) is 18.0 Å². The summed E-state index contributed by atoms with van der Waals surface area (Å²) in [5, 5.41) is 0. The van der Waals surface area contributed by atoms with Crippen molar-refractivity contribution in [1.82, 2.24) is 0 Å². The van der Waals surface area contributed by atoms with Crippen LogP contribution in [-0.4, -0.2) is 18.7 Å². The monoisotopic (exact) mass is 216 g/mol. The third kappa shape index (κ3) is 1.79. The molecule has 1 aliphatic rings. The fourth-order valence-corrected chi connectivity index (χ4v) is 2.07. The zero-order valence-electron chi connectivity index (χ0n) is 9.66. The highest BCUT2D eigenvalue weighted by atomic mass is 16.5. The molecule has 1 aromatic rings. The molecule has 0 spiro atoms. The number of benzene rings is 1. The predicted molar refractivity (Wildman–Crippen MR) is 66.6 cm³/mol. The number of anilines is 2. The van der Waals surface area contributed by atoms with Crippen LogP contribution < -0.4 is 15.4 Å². The van der Waals surface area contributed by atoms with E-state index < -0.39 is 0 Å². The molecule has 84 valence electrons. The second-order valence-electron chi connectivity index (χ2n) is 4.62. The van der Waals surface area contributed by atoms with Crippen LogP contribution in [0, 0.1) is 12.3 Å². The Morgan fingerprint density at radius 2 is 2.31 bits per heavy atom.